The fourth-order valence-electron chi connectivity index (χ4n) is 7.01. The first-order valence-electron chi connectivity index (χ1n) is 12.2. The highest BCUT2D eigenvalue weighted by Gasteiger charge is 2.51. The molecule has 3 heteroatoms. The topological polar surface area (TPSA) is 53.0 Å². The third-order valence-electron chi connectivity index (χ3n) is 8.76. The molecule has 3 nitrogen and oxygen atoms in total. The van der Waals surface area contributed by atoms with E-state index in [4.69, 9.17) is 4.74 Å². The van der Waals surface area contributed by atoms with Gasteiger partial charge in [0.25, 0.3) is 0 Å². The van der Waals surface area contributed by atoms with Crippen LogP contribution in [-0.2, 0) is 4.74 Å². The molecular formula is C27H42O3. The van der Waals surface area contributed by atoms with Crippen LogP contribution < -0.4 is 0 Å². The van der Waals surface area contributed by atoms with Crippen LogP contribution in [0.1, 0.15) is 85.5 Å². The molecule has 3 saturated carbocycles. The van der Waals surface area contributed by atoms with Gasteiger partial charge in [-0.15, -0.1) is 0 Å². The molecule has 30 heavy (non-hydrogen) atoms. The summed E-state index contributed by atoms with van der Waals surface area (Å²) in [4.78, 5) is 0. The molecule has 0 spiro atoms. The van der Waals surface area contributed by atoms with E-state index in [-0.39, 0.29) is 18.3 Å². The zero-order valence-corrected chi connectivity index (χ0v) is 19.5. The van der Waals surface area contributed by atoms with Gasteiger partial charge in [-0.1, -0.05) is 51.0 Å². The lowest BCUT2D eigenvalue weighted by atomic mass is 9.60. The van der Waals surface area contributed by atoms with Gasteiger partial charge in [-0.2, -0.15) is 0 Å². The van der Waals surface area contributed by atoms with Gasteiger partial charge in [0.1, 0.15) is 12.2 Å². The minimum absolute atomic E-state index is 0.00578. The Hall–Kier alpha value is -0.900. The summed E-state index contributed by atoms with van der Waals surface area (Å²) in [5, 5.41) is 20.3. The van der Waals surface area contributed by atoms with Crippen LogP contribution in [0, 0.1) is 23.2 Å². The molecule has 3 aliphatic carbocycles. The predicted octanol–water partition coefficient (Wildman–Crippen LogP) is 5.72. The first-order valence-corrected chi connectivity index (χ1v) is 12.2. The molecule has 0 aromatic carbocycles. The van der Waals surface area contributed by atoms with Crippen molar-refractivity contribution in [3.8, 4) is 0 Å². The molecule has 1 heterocycles. The van der Waals surface area contributed by atoms with E-state index in [1.165, 1.54) is 44.1 Å². The second-order valence-electron chi connectivity index (χ2n) is 11.5. The number of hydrogen-bond acceptors (Lipinski definition) is 3. The molecule has 4 rings (SSSR count). The number of aliphatic hydroxyl groups excluding tert-OH is 1. The summed E-state index contributed by atoms with van der Waals surface area (Å²) < 4.78 is 5.58. The number of ether oxygens (including phenoxy) is 1. The van der Waals surface area contributed by atoms with Crippen molar-refractivity contribution >= 4 is 0 Å². The normalized spacial score (nSPS) is 42.3. The van der Waals surface area contributed by atoms with Crippen molar-refractivity contribution in [2.75, 3.05) is 0 Å². The first-order chi connectivity index (χ1) is 14.1. The van der Waals surface area contributed by atoms with Crippen LogP contribution in [0.25, 0.3) is 0 Å². The van der Waals surface area contributed by atoms with Crippen molar-refractivity contribution < 1.29 is 14.9 Å². The third-order valence-corrected chi connectivity index (χ3v) is 8.76. The molecule has 4 aliphatic rings. The number of rotatable bonds is 6. The summed E-state index contributed by atoms with van der Waals surface area (Å²) in [5.74, 6) is 2.20. The van der Waals surface area contributed by atoms with Crippen LogP contribution in [0.2, 0.25) is 0 Å². The Kier molecular flexibility index (Phi) is 6.11. The lowest BCUT2D eigenvalue weighted by molar-refractivity contribution is 0.0596. The second kappa shape index (κ2) is 8.22. The zero-order valence-electron chi connectivity index (χ0n) is 19.5. The van der Waals surface area contributed by atoms with Crippen molar-refractivity contribution in [2.45, 2.75) is 109 Å². The van der Waals surface area contributed by atoms with Crippen LogP contribution in [0.3, 0.4) is 0 Å². The average molecular weight is 415 g/mol. The van der Waals surface area contributed by atoms with Gasteiger partial charge in [0, 0.05) is 6.42 Å². The van der Waals surface area contributed by atoms with E-state index in [9.17, 15) is 10.2 Å². The Morgan fingerprint density at radius 2 is 2.07 bits per heavy atom. The largest absolute Gasteiger partial charge is 0.390 e. The van der Waals surface area contributed by atoms with Gasteiger partial charge in [-0.25, -0.2) is 0 Å². The highest BCUT2D eigenvalue weighted by atomic mass is 16.6. The molecule has 0 unspecified atom stereocenters. The first kappa shape index (κ1) is 22.3. The van der Waals surface area contributed by atoms with E-state index in [1.807, 2.05) is 13.8 Å². The zero-order chi connectivity index (χ0) is 21.7. The molecule has 1 aliphatic heterocycles. The van der Waals surface area contributed by atoms with E-state index in [0.717, 1.165) is 30.3 Å². The van der Waals surface area contributed by atoms with Gasteiger partial charge in [-0.05, 0) is 86.7 Å². The number of allylic oxidation sites excluding steroid dienone is 3. The van der Waals surface area contributed by atoms with Gasteiger partial charge in [-0.3, -0.25) is 0 Å². The number of fused-ring (bicyclic) bond motifs is 2. The maximum absolute atomic E-state index is 10.2. The molecule has 0 amide bonds. The van der Waals surface area contributed by atoms with Gasteiger partial charge in [0.15, 0.2) is 0 Å². The summed E-state index contributed by atoms with van der Waals surface area (Å²) in [6, 6.07) is 0. The van der Waals surface area contributed by atoms with E-state index in [0.29, 0.717) is 17.8 Å². The standard InChI is InChI=1S/C27H42O3/c1-17(8-6-14-26(3,4)29)21-12-13-22-19(9-7-15-27(21,22)5)10-11-20-16-23(28)25-24(30-25)18(20)2/h10-11,17,21-25,28-29H,2,6-9,12-16H2,1,3-5H3/b19-10+,20-11-/t17-,21-,22+,23-,24-,25+,27-/m1/s1. The highest BCUT2D eigenvalue weighted by Crippen LogP contribution is 2.60. The minimum atomic E-state index is -0.543. The van der Waals surface area contributed by atoms with Crippen LogP contribution >= 0.6 is 0 Å². The fraction of sp³-hybridized carbons (Fsp3) is 0.778. The van der Waals surface area contributed by atoms with E-state index < -0.39 is 5.60 Å². The molecular weight excluding hydrogens is 372 g/mol. The van der Waals surface area contributed by atoms with E-state index in [1.54, 1.807) is 5.57 Å². The Morgan fingerprint density at radius 3 is 2.80 bits per heavy atom. The summed E-state index contributed by atoms with van der Waals surface area (Å²) in [6.45, 7) is 13.1. The highest BCUT2D eigenvalue weighted by molar-refractivity contribution is 5.43. The molecule has 1 saturated heterocycles. The molecule has 2 N–H and O–H groups in total. The molecule has 0 aromatic heterocycles. The summed E-state index contributed by atoms with van der Waals surface area (Å²) in [7, 11) is 0. The minimum Gasteiger partial charge on any atom is -0.390 e. The number of aliphatic hydroxyl groups is 2. The Labute approximate surface area is 183 Å². The molecule has 0 aromatic rings. The van der Waals surface area contributed by atoms with Crippen LogP contribution in [0.15, 0.2) is 35.5 Å². The molecule has 0 bridgehead atoms. The summed E-state index contributed by atoms with van der Waals surface area (Å²) in [5.41, 5.74) is 3.73. The number of epoxide rings is 1. The quantitative estimate of drug-likeness (QED) is 0.546. The van der Waals surface area contributed by atoms with Gasteiger partial charge < -0.3 is 14.9 Å². The van der Waals surface area contributed by atoms with Crippen molar-refractivity contribution in [1.82, 2.24) is 0 Å². The Balaban J connectivity index is 1.44. The monoisotopic (exact) mass is 414 g/mol. The van der Waals surface area contributed by atoms with Crippen molar-refractivity contribution in [3.05, 3.63) is 35.5 Å². The lowest BCUT2D eigenvalue weighted by Crippen LogP contribution is -2.36. The smallest absolute Gasteiger partial charge is 0.115 e. The molecule has 0 radical (unpaired) electrons. The number of hydrogen-bond donors (Lipinski definition) is 2. The van der Waals surface area contributed by atoms with Crippen LogP contribution in [0.5, 0.6) is 0 Å². The van der Waals surface area contributed by atoms with Crippen molar-refractivity contribution in [1.29, 1.82) is 0 Å². The van der Waals surface area contributed by atoms with Crippen molar-refractivity contribution in [2.24, 2.45) is 23.2 Å². The Morgan fingerprint density at radius 1 is 1.30 bits per heavy atom. The SMILES string of the molecule is C=C1/C(=C\C=C2/CCC[C@]3(C)[C@@H]([C@H](C)CCCC(C)(C)O)CC[C@@H]23)C[C@@H](O)[C@@H]2O[C@H]12. The van der Waals surface area contributed by atoms with Crippen molar-refractivity contribution in [3.63, 3.8) is 0 Å². The van der Waals surface area contributed by atoms with E-state index in [2.05, 4.69) is 32.6 Å². The van der Waals surface area contributed by atoms with Gasteiger partial charge in [0.05, 0.1) is 11.7 Å². The molecule has 4 fully saturated rings. The fourth-order valence-corrected chi connectivity index (χ4v) is 7.01. The molecule has 168 valence electrons. The summed E-state index contributed by atoms with van der Waals surface area (Å²) >= 11 is 0. The van der Waals surface area contributed by atoms with Crippen LogP contribution in [-0.4, -0.2) is 34.1 Å². The average Bonchev–Trinajstić information content (AvgIpc) is 3.39. The predicted molar refractivity (Wildman–Crippen MR) is 122 cm³/mol. The Bertz CT molecular complexity index is 727. The van der Waals surface area contributed by atoms with Crippen LogP contribution in [0.4, 0.5) is 0 Å². The summed E-state index contributed by atoms with van der Waals surface area (Å²) in [6.07, 6.45) is 14.7. The maximum Gasteiger partial charge on any atom is 0.115 e. The van der Waals surface area contributed by atoms with E-state index >= 15 is 0 Å². The maximum atomic E-state index is 10.2. The van der Waals surface area contributed by atoms with Gasteiger partial charge in [0.2, 0.25) is 0 Å². The van der Waals surface area contributed by atoms with Gasteiger partial charge >= 0.3 is 0 Å². The lowest BCUT2D eigenvalue weighted by Gasteiger charge is -2.44. The second-order valence-corrected chi connectivity index (χ2v) is 11.5. The third kappa shape index (κ3) is 4.36. The molecule has 7 atom stereocenters.